The summed E-state index contributed by atoms with van der Waals surface area (Å²) < 4.78 is 6.00. The highest BCUT2D eigenvalue weighted by Crippen LogP contribution is 2.51. The van der Waals surface area contributed by atoms with Crippen LogP contribution in [0, 0.1) is 17.8 Å². The van der Waals surface area contributed by atoms with Gasteiger partial charge in [-0.05, 0) is 68.6 Å². The van der Waals surface area contributed by atoms with E-state index in [9.17, 15) is 0 Å². The number of hydrogen-bond donors (Lipinski definition) is 0. The van der Waals surface area contributed by atoms with Crippen LogP contribution in [0.2, 0.25) is 0 Å². The molecule has 0 spiro atoms. The van der Waals surface area contributed by atoms with Crippen LogP contribution in [0.5, 0.6) is 0 Å². The van der Waals surface area contributed by atoms with Crippen molar-refractivity contribution in [2.24, 2.45) is 17.8 Å². The van der Waals surface area contributed by atoms with Gasteiger partial charge in [-0.2, -0.15) is 0 Å². The summed E-state index contributed by atoms with van der Waals surface area (Å²) in [6, 6.07) is 10.9. The van der Waals surface area contributed by atoms with Crippen molar-refractivity contribution in [2.75, 3.05) is 45.9 Å². The third-order valence-electron chi connectivity index (χ3n) is 6.47. The largest absolute Gasteiger partial charge is 0.381 e. The van der Waals surface area contributed by atoms with E-state index in [0.29, 0.717) is 0 Å². The second-order valence-corrected chi connectivity index (χ2v) is 8.36. The average Bonchev–Trinajstić information content (AvgIpc) is 3.10. The summed E-state index contributed by atoms with van der Waals surface area (Å²) in [5, 5.41) is 0. The molecule has 0 amide bonds. The minimum Gasteiger partial charge on any atom is -0.381 e. The van der Waals surface area contributed by atoms with Gasteiger partial charge in [-0.3, -0.25) is 4.90 Å². The number of fused-ring (bicyclic) bond motifs is 1. The van der Waals surface area contributed by atoms with Gasteiger partial charge < -0.3 is 9.64 Å². The normalized spacial score (nSPS) is 29.7. The van der Waals surface area contributed by atoms with Gasteiger partial charge in [0.1, 0.15) is 0 Å². The van der Waals surface area contributed by atoms with Crippen molar-refractivity contribution in [3.63, 3.8) is 0 Å². The van der Waals surface area contributed by atoms with Crippen molar-refractivity contribution in [1.82, 2.24) is 9.80 Å². The lowest BCUT2D eigenvalue weighted by atomic mass is 10.1. The van der Waals surface area contributed by atoms with Gasteiger partial charge in [0.2, 0.25) is 0 Å². The second kappa shape index (κ2) is 8.66. The Morgan fingerprint density at radius 2 is 1.64 bits per heavy atom. The van der Waals surface area contributed by atoms with E-state index in [1.807, 2.05) is 0 Å². The Hall–Kier alpha value is -0.900. The molecule has 2 unspecified atom stereocenters. The molecule has 2 atom stereocenters. The quantitative estimate of drug-likeness (QED) is 0.637. The van der Waals surface area contributed by atoms with Gasteiger partial charge in [-0.15, -0.1) is 0 Å². The van der Waals surface area contributed by atoms with Gasteiger partial charge in [-0.1, -0.05) is 36.8 Å². The molecule has 1 aromatic carbocycles. The number of piperidine rings is 2. The molecule has 1 aromatic rings. The highest BCUT2D eigenvalue weighted by atomic mass is 16.5. The minimum atomic E-state index is 0.856. The molecule has 1 aliphatic carbocycles. The van der Waals surface area contributed by atoms with E-state index in [-0.39, 0.29) is 0 Å². The molecular weight excluding hydrogens is 308 g/mol. The fourth-order valence-corrected chi connectivity index (χ4v) is 4.90. The maximum atomic E-state index is 6.00. The second-order valence-electron chi connectivity index (χ2n) is 8.36. The Labute approximate surface area is 153 Å². The van der Waals surface area contributed by atoms with Gasteiger partial charge in [0.05, 0.1) is 6.61 Å². The van der Waals surface area contributed by atoms with E-state index >= 15 is 0 Å². The summed E-state index contributed by atoms with van der Waals surface area (Å²) in [6.45, 7) is 9.60. The number of benzene rings is 1. The predicted molar refractivity (Wildman–Crippen MR) is 103 cm³/mol. The highest BCUT2D eigenvalue weighted by molar-refractivity contribution is 5.15. The van der Waals surface area contributed by atoms with Crippen LogP contribution >= 0.6 is 0 Å². The zero-order valence-corrected chi connectivity index (χ0v) is 15.6. The van der Waals surface area contributed by atoms with Crippen LogP contribution in [0.15, 0.2) is 30.3 Å². The van der Waals surface area contributed by atoms with Crippen LogP contribution in [-0.2, 0) is 11.3 Å². The Kier molecular flexibility index (Phi) is 6.06. The molecule has 4 rings (SSSR count). The van der Waals surface area contributed by atoms with Crippen LogP contribution in [-0.4, -0.2) is 55.7 Å². The molecule has 138 valence electrons. The van der Waals surface area contributed by atoms with E-state index in [2.05, 4.69) is 40.1 Å². The Balaban J connectivity index is 1.03. The van der Waals surface area contributed by atoms with Crippen LogP contribution in [0.3, 0.4) is 0 Å². The fourth-order valence-electron chi connectivity index (χ4n) is 4.90. The summed E-state index contributed by atoms with van der Waals surface area (Å²) >= 11 is 0. The lowest BCUT2D eigenvalue weighted by Crippen LogP contribution is -2.30. The van der Waals surface area contributed by atoms with Crippen molar-refractivity contribution >= 4 is 0 Å². The number of ether oxygens (including phenoxy) is 1. The third kappa shape index (κ3) is 4.84. The van der Waals surface area contributed by atoms with Gasteiger partial charge in [-0.25, -0.2) is 0 Å². The Morgan fingerprint density at radius 3 is 2.40 bits per heavy atom. The minimum absolute atomic E-state index is 0.856. The molecule has 3 nitrogen and oxygen atoms in total. The summed E-state index contributed by atoms with van der Waals surface area (Å²) in [4.78, 5) is 5.26. The van der Waals surface area contributed by atoms with Crippen LogP contribution in [0.25, 0.3) is 0 Å². The molecule has 1 saturated carbocycles. The lowest BCUT2D eigenvalue weighted by molar-refractivity contribution is 0.103. The number of unbranched alkanes of at least 4 members (excludes halogenated alkanes) is 1. The van der Waals surface area contributed by atoms with E-state index in [1.54, 1.807) is 0 Å². The van der Waals surface area contributed by atoms with Crippen molar-refractivity contribution < 1.29 is 4.74 Å². The number of hydrogen-bond acceptors (Lipinski definition) is 3. The summed E-state index contributed by atoms with van der Waals surface area (Å²) in [6.07, 6.45) is 6.79. The third-order valence-corrected chi connectivity index (χ3v) is 6.47. The predicted octanol–water partition coefficient (Wildman–Crippen LogP) is 3.65. The summed E-state index contributed by atoms with van der Waals surface area (Å²) in [7, 11) is 0. The first kappa shape index (κ1) is 17.5. The molecule has 0 radical (unpaired) electrons. The Morgan fingerprint density at radius 1 is 0.880 bits per heavy atom. The standard InChI is InChI=1S/C22H34N2O/c1-3-9-19(10-4-1)15-24-16-20-21(17-24)22(20)18-25-14-8-7-13-23-11-5-2-6-12-23/h1,3-4,9-10,20-22H,2,5-8,11-18H2. The SMILES string of the molecule is c1ccc(CN2CC3C(COCCCCN4CCCCC4)C3C2)cc1. The van der Waals surface area contributed by atoms with E-state index in [1.165, 1.54) is 70.4 Å². The smallest absolute Gasteiger partial charge is 0.0500 e. The van der Waals surface area contributed by atoms with Crippen LogP contribution in [0.4, 0.5) is 0 Å². The average molecular weight is 343 g/mol. The van der Waals surface area contributed by atoms with Gasteiger partial charge in [0.15, 0.2) is 0 Å². The zero-order chi connectivity index (χ0) is 16.9. The molecule has 2 heterocycles. The maximum Gasteiger partial charge on any atom is 0.0500 e. The van der Waals surface area contributed by atoms with E-state index < -0.39 is 0 Å². The first-order valence-electron chi connectivity index (χ1n) is 10.5. The van der Waals surface area contributed by atoms with Crippen molar-refractivity contribution in [2.45, 2.75) is 38.6 Å². The summed E-state index contributed by atoms with van der Waals surface area (Å²) in [5.41, 5.74) is 1.45. The summed E-state index contributed by atoms with van der Waals surface area (Å²) in [5.74, 6) is 2.68. The Bertz CT molecular complexity index is 502. The molecule has 3 aliphatic rings. The van der Waals surface area contributed by atoms with E-state index in [4.69, 9.17) is 4.74 Å². The van der Waals surface area contributed by atoms with Crippen molar-refractivity contribution in [1.29, 1.82) is 0 Å². The fraction of sp³-hybridized carbons (Fsp3) is 0.727. The molecule has 2 saturated heterocycles. The van der Waals surface area contributed by atoms with E-state index in [0.717, 1.165) is 37.5 Å². The molecule has 0 aromatic heterocycles. The van der Waals surface area contributed by atoms with Crippen LogP contribution < -0.4 is 0 Å². The molecule has 0 bridgehead atoms. The molecule has 3 heteroatoms. The monoisotopic (exact) mass is 342 g/mol. The van der Waals surface area contributed by atoms with Gasteiger partial charge in [0, 0.05) is 26.2 Å². The van der Waals surface area contributed by atoms with Crippen molar-refractivity contribution in [3.05, 3.63) is 35.9 Å². The van der Waals surface area contributed by atoms with Crippen molar-refractivity contribution in [3.8, 4) is 0 Å². The first-order valence-corrected chi connectivity index (χ1v) is 10.5. The molecule has 25 heavy (non-hydrogen) atoms. The van der Waals surface area contributed by atoms with Gasteiger partial charge >= 0.3 is 0 Å². The highest BCUT2D eigenvalue weighted by Gasteiger charge is 2.55. The number of likely N-dealkylation sites (tertiary alicyclic amines) is 2. The zero-order valence-electron chi connectivity index (χ0n) is 15.6. The topological polar surface area (TPSA) is 15.7 Å². The number of nitrogens with zero attached hydrogens (tertiary/aromatic N) is 2. The molecule has 3 fully saturated rings. The molecule has 0 N–H and O–H groups in total. The first-order chi connectivity index (χ1) is 12.4. The maximum absolute atomic E-state index is 6.00. The molecule has 2 aliphatic heterocycles. The van der Waals surface area contributed by atoms with Gasteiger partial charge in [0.25, 0.3) is 0 Å². The number of rotatable bonds is 9. The lowest BCUT2D eigenvalue weighted by Gasteiger charge is -2.26. The van der Waals surface area contributed by atoms with Crippen LogP contribution in [0.1, 0.15) is 37.7 Å². The molecular formula is C22H34N2O.